The minimum absolute atomic E-state index is 0.183. The highest BCUT2D eigenvalue weighted by Gasteiger charge is 2.01. The van der Waals surface area contributed by atoms with Crippen LogP contribution in [-0.2, 0) is 4.79 Å². The van der Waals surface area contributed by atoms with Gasteiger partial charge in [-0.25, -0.2) is 4.79 Å². The van der Waals surface area contributed by atoms with Crippen LogP contribution in [0.1, 0.15) is 19.3 Å². The fraction of sp³-hybridized carbons (Fsp3) is 0.667. The van der Waals surface area contributed by atoms with E-state index in [1.165, 1.54) is 0 Å². The number of carboxylic acid groups (broad SMARTS) is 1. The van der Waals surface area contributed by atoms with Gasteiger partial charge in [0.15, 0.2) is 0 Å². The number of aliphatic hydroxyl groups is 1. The highest BCUT2D eigenvalue weighted by atomic mass is 16.4. The lowest BCUT2D eigenvalue weighted by atomic mass is 10.2. The molecule has 0 atom stereocenters. The zero-order chi connectivity index (χ0) is 10.1. The Labute approximate surface area is 78.3 Å². The summed E-state index contributed by atoms with van der Waals surface area (Å²) >= 11 is 0. The number of aliphatic carboxylic acids is 1. The summed E-state index contributed by atoms with van der Waals surface area (Å²) in [6.45, 7) is 4.71. The van der Waals surface area contributed by atoms with E-state index in [0.717, 1.165) is 25.8 Å². The molecule has 0 saturated heterocycles. The van der Waals surface area contributed by atoms with Crippen LogP contribution in [0.25, 0.3) is 0 Å². The first kappa shape index (κ1) is 12.1. The monoisotopic (exact) mass is 187 g/mol. The summed E-state index contributed by atoms with van der Waals surface area (Å²) in [5.41, 5.74) is 0.183. The van der Waals surface area contributed by atoms with Crippen molar-refractivity contribution in [3.8, 4) is 0 Å². The van der Waals surface area contributed by atoms with Crippen molar-refractivity contribution in [3.63, 3.8) is 0 Å². The molecule has 0 aliphatic heterocycles. The summed E-state index contributed by atoms with van der Waals surface area (Å²) in [6.07, 6.45) is 2.72. The summed E-state index contributed by atoms with van der Waals surface area (Å²) in [5.74, 6) is -0.956. The summed E-state index contributed by atoms with van der Waals surface area (Å²) in [5, 5.41) is 19.9. The number of carboxylic acids is 1. The van der Waals surface area contributed by atoms with Gasteiger partial charge in [0.1, 0.15) is 0 Å². The van der Waals surface area contributed by atoms with Crippen LogP contribution < -0.4 is 5.32 Å². The van der Waals surface area contributed by atoms with E-state index in [-0.39, 0.29) is 12.2 Å². The molecule has 0 rings (SSSR count). The van der Waals surface area contributed by atoms with Gasteiger partial charge in [-0.3, -0.25) is 0 Å². The minimum atomic E-state index is -0.956. The van der Waals surface area contributed by atoms with E-state index >= 15 is 0 Å². The Balaban J connectivity index is 3.16. The molecule has 0 aromatic heterocycles. The largest absolute Gasteiger partial charge is 0.478 e. The van der Waals surface area contributed by atoms with E-state index in [1.807, 2.05) is 0 Å². The van der Waals surface area contributed by atoms with Crippen molar-refractivity contribution in [2.45, 2.75) is 19.3 Å². The molecule has 0 aliphatic rings. The van der Waals surface area contributed by atoms with Gasteiger partial charge in [0.2, 0.25) is 0 Å². The molecule has 0 spiro atoms. The van der Waals surface area contributed by atoms with Crippen molar-refractivity contribution >= 4 is 5.97 Å². The maximum absolute atomic E-state index is 10.3. The Morgan fingerprint density at radius 2 is 2.00 bits per heavy atom. The van der Waals surface area contributed by atoms with E-state index in [0.29, 0.717) is 6.54 Å². The van der Waals surface area contributed by atoms with Gasteiger partial charge >= 0.3 is 5.97 Å². The quantitative estimate of drug-likeness (QED) is 0.379. The second-order valence-electron chi connectivity index (χ2n) is 2.87. The molecule has 76 valence electrons. The topological polar surface area (TPSA) is 69.6 Å². The molecule has 0 amide bonds. The highest BCUT2D eigenvalue weighted by molar-refractivity contribution is 5.86. The summed E-state index contributed by atoms with van der Waals surface area (Å²) < 4.78 is 0. The molecule has 4 nitrogen and oxygen atoms in total. The van der Waals surface area contributed by atoms with Crippen LogP contribution in [0.4, 0.5) is 0 Å². The van der Waals surface area contributed by atoms with Crippen molar-refractivity contribution in [2.24, 2.45) is 0 Å². The fourth-order valence-corrected chi connectivity index (χ4v) is 0.853. The van der Waals surface area contributed by atoms with Crippen LogP contribution in [0, 0.1) is 0 Å². The van der Waals surface area contributed by atoms with Crippen molar-refractivity contribution < 1.29 is 15.0 Å². The van der Waals surface area contributed by atoms with Crippen LogP contribution in [0.5, 0.6) is 0 Å². The predicted molar refractivity (Wildman–Crippen MR) is 50.6 cm³/mol. The van der Waals surface area contributed by atoms with Crippen molar-refractivity contribution in [1.82, 2.24) is 5.32 Å². The third kappa shape index (κ3) is 7.49. The van der Waals surface area contributed by atoms with Gasteiger partial charge in [0, 0.05) is 18.7 Å². The van der Waals surface area contributed by atoms with Gasteiger partial charge in [0.05, 0.1) is 0 Å². The predicted octanol–water partition coefficient (Wildman–Crippen LogP) is 0.379. The number of unbranched alkanes of at least 4 members (excludes halogenated alkanes) is 2. The van der Waals surface area contributed by atoms with E-state index in [2.05, 4.69) is 11.9 Å². The summed E-state index contributed by atoms with van der Waals surface area (Å²) in [6, 6.07) is 0. The zero-order valence-corrected chi connectivity index (χ0v) is 7.75. The Hall–Kier alpha value is -0.870. The Morgan fingerprint density at radius 3 is 2.54 bits per heavy atom. The number of nitrogens with one attached hydrogen (secondary N) is 1. The molecule has 0 aromatic carbocycles. The van der Waals surface area contributed by atoms with Crippen LogP contribution in [0.3, 0.4) is 0 Å². The maximum Gasteiger partial charge on any atom is 0.332 e. The third-order valence-electron chi connectivity index (χ3n) is 1.65. The highest BCUT2D eigenvalue weighted by Crippen LogP contribution is 1.92. The van der Waals surface area contributed by atoms with Crippen molar-refractivity contribution in [2.75, 3.05) is 19.7 Å². The Morgan fingerprint density at radius 1 is 1.31 bits per heavy atom. The lowest BCUT2D eigenvalue weighted by Gasteiger charge is -2.03. The van der Waals surface area contributed by atoms with Gasteiger partial charge < -0.3 is 15.5 Å². The minimum Gasteiger partial charge on any atom is -0.478 e. The molecular weight excluding hydrogens is 170 g/mol. The fourth-order valence-electron chi connectivity index (χ4n) is 0.853. The Bertz CT molecular complexity index is 168. The van der Waals surface area contributed by atoms with Gasteiger partial charge in [-0.2, -0.15) is 0 Å². The number of carbonyl (C=O) groups is 1. The van der Waals surface area contributed by atoms with Crippen LogP contribution in [0.2, 0.25) is 0 Å². The van der Waals surface area contributed by atoms with Crippen LogP contribution in [-0.4, -0.2) is 35.9 Å². The lowest BCUT2D eigenvalue weighted by Crippen LogP contribution is -2.21. The zero-order valence-electron chi connectivity index (χ0n) is 7.75. The SMILES string of the molecule is C=C(CNCCCCCO)C(=O)O. The van der Waals surface area contributed by atoms with E-state index in [4.69, 9.17) is 10.2 Å². The maximum atomic E-state index is 10.3. The van der Waals surface area contributed by atoms with Gasteiger partial charge in [-0.05, 0) is 25.8 Å². The second kappa shape index (κ2) is 7.76. The Kier molecular flexibility index (Phi) is 7.24. The molecule has 0 bridgehead atoms. The first-order chi connectivity index (χ1) is 6.18. The van der Waals surface area contributed by atoms with Gasteiger partial charge in [0.25, 0.3) is 0 Å². The molecular formula is C9H17NO3. The van der Waals surface area contributed by atoms with Crippen LogP contribution in [0.15, 0.2) is 12.2 Å². The molecule has 0 heterocycles. The molecule has 0 saturated carbocycles. The van der Waals surface area contributed by atoms with E-state index in [9.17, 15) is 4.79 Å². The first-order valence-corrected chi connectivity index (χ1v) is 4.41. The molecule has 13 heavy (non-hydrogen) atoms. The molecule has 4 heteroatoms. The smallest absolute Gasteiger partial charge is 0.332 e. The van der Waals surface area contributed by atoms with Crippen molar-refractivity contribution in [3.05, 3.63) is 12.2 Å². The number of hydrogen-bond donors (Lipinski definition) is 3. The standard InChI is InChI=1S/C9H17NO3/c1-8(9(12)13)7-10-5-3-2-4-6-11/h10-11H,1-7H2,(H,12,13). The number of rotatable bonds is 8. The molecule has 0 aromatic rings. The molecule has 0 aliphatic carbocycles. The number of aliphatic hydroxyl groups excluding tert-OH is 1. The average molecular weight is 187 g/mol. The summed E-state index contributed by atoms with van der Waals surface area (Å²) in [7, 11) is 0. The van der Waals surface area contributed by atoms with E-state index in [1.54, 1.807) is 0 Å². The van der Waals surface area contributed by atoms with E-state index < -0.39 is 5.97 Å². The first-order valence-electron chi connectivity index (χ1n) is 4.41. The molecule has 0 unspecified atom stereocenters. The molecule has 0 fully saturated rings. The summed E-state index contributed by atoms with van der Waals surface area (Å²) in [4.78, 5) is 10.3. The molecule has 3 N–H and O–H groups in total. The molecule has 0 radical (unpaired) electrons. The lowest BCUT2D eigenvalue weighted by molar-refractivity contribution is -0.132. The van der Waals surface area contributed by atoms with Gasteiger partial charge in [-0.1, -0.05) is 6.58 Å². The average Bonchev–Trinajstić information content (AvgIpc) is 2.10. The number of hydrogen-bond acceptors (Lipinski definition) is 3. The normalized spacial score (nSPS) is 9.92. The van der Waals surface area contributed by atoms with Crippen LogP contribution >= 0.6 is 0 Å². The van der Waals surface area contributed by atoms with Crippen molar-refractivity contribution in [1.29, 1.82) is 0 Å². The second-order valence-corrected chi connectivity index (χ2v) is 2.87. The third-order valence-corrected chi connectivity index (χ3v) is 1.65. The van der Waals surface area contributed by atoms with Gasteiger partial charge in [-0.15, -0.1) is 0 Å².